The van der Waals surface area contributed by atoms with Crippen molar-refractivity contribution in [1.29, 1.82) is 0 Å². The topological polar surface area (TPSA) is 30.5 Å². The van der Waals surface area contributed by atoms with Crippen LogP contribution in [0, 0.1) is 0 Å². The molecule has 3 nitrogen and oxygen atoms in total. The molecule has 0 radical (unpaired) electrons. The Bertz CT molecular complexity index is 371. The van der Waals surface area contributed by atoms with Gasteiger partial charge in [0, 0.05) is 23.7 Å². The van der Waals surface area contributed by atoms with Gasteiger partial charge < -0.3 is 14.8 Å². The number of rotatable bonds is 9. The monoisotopic (exact) mass is 329 g/mol. The van der Waals surface area contributed by atoms with Crippen LogP contribution in [0.15, 0.2) is 22.7 Å². The molecule has 0 fully saturated rings. The number of nitrogens with one attached hydrogen (secondary N) is 1. The van der Waals surface area contributed by atoms with Crippen molar-refractivity contribution >= 4 is 15.9 Å². The number of hydrogen-bond donors (Lipinski definition) is 1. The third-order valence-electron chi connectivity index (χ3n) is 3.03. The van der Waals surface area contributed by atoms with Gasteiger partial charge in [-0.3, -0.25) is 0 Å². The number of halogens is 1. The van der Waals surface area contributed by atoms with Crippen molar-refractivity contribution in [3.8, 4) is 5.75 Å². The van der Waals surface area contributed by atoms with E-state index in [9.17, 15) is 0 Å². The van der Waals surface area contributed by atoms with E-state index in [-0.39, 0.29) is 0 Å². The quantitative estimate of drug-likeness (QED) is 0.704. The van der Waals surface area contributed by atoms with E-state index in [1.165, 1.54) is 5.56 Å². The van der Waals surface area contributed by atoms with Crippen LogP contribution in [-0.4, -0.2) is 32.9 Å². The summed E-state index contributed by atoms with van der Waals surface area (Å²) in [7, 11) is 1.70. The van der Waals surface area contributed by atoms with E-state index in [0.717, 1.165) is 42.8 Å². The Morgan fingerprint density at radius 2 is 2.11 bits per heavy atom. The highest BCUT2D eigenvalue weighted by Gasteiger charge is 2.11. The van der Waals surface area contributed by atoms with Gasteiger partial charge in [0.2, 0.25) is 0 Å². The minimum atomic E-state index is 0.431. The third-order valence-corrected chi connectivity index (χ3v) is 3.80. The molecule has 0 saturated heterocycles. The average molecular weight is 330 g/mol. The van der Waals surface area contributed by atoms with Crippen LogP contribution in [0.25, 0.3) is 0 Å². The molecule has 1 unspecified atom stereocenters. The first kappa shape index (κ1) is 16.5. The largest absolute Gasteiger partial charge is 0.497 e. The maximum atomic E-state index is 5.45. The molecule has 0 heterocycles. The highest BCUT2D eigenvalue weighted by atomic mass is 79.9. The number of likely N-dealkylation sites (N-methyl/N-ethyl adjacent to an activating group) is 1. The van der Waals surface area contributed by atoms with Gasteiger partial charge in [-0.25, -0.2) is 0 Å². The Labute approximate surface area is 124 Å². The Morgan fingerprint density at radius 1 is 1.32 bits per heavy atom. The molecule has 0 amide bonds. The SMILES string of the molecule is CCNC(CCOCC)Cc1cc(OC)ccc1Br. The van der Waals surface area contributed by atoms with Crippen LogP contribution in [0.1, 0.15) is 25.8 Å². The van der Waals surface area contributed by atoms with Crippen molar-refractivity contribution in [2.75, 3.05) is 26.9 Å². The summed E-state index contributed by atoms with van der Waals surface area (Å²) in [5.74, 6) is 0.901. The van der Waals surface area contributed by atoms with E-state index in [0.29, 0.717) is 6.04 Å². The second kappa shape index (κ2) is 9.34. The zero-order valence-corrected chi connectivity index (χ0v) is 13.6. The maximum Gasteiger partial charge on any atom is 0.119 e. The zero-order chi connectivity index (χ0) is 14.1. The first-order chi connectivity index (χ1) is 9.21. The van der Waals surface area contributed by atoms with Gasteiger partial charge in [-0.05, 0) is 50.1 Å². The smallest absolute Gasteiger partial charge is 0.119 e. The minimum absolute atomic E-state index is 0.431. The molecule has 108 valence electrons. The van der Waals surface area contributed by atoms with E-state index < -0.39 is 0 Å². The molecule has 1 aromatic rings. The number of hydrogen-bond acceptors (Lipinski definition) is 3. The van der Waals surface area contributed by atoms with E-state index in [1.807, 2.05) is 19.1 Å². The van der Waals surface area contributed by atoms with Gasteiger partial charge in [0.05, 0.1) is 7.11 Å². The zero-order valence-electron chi connectivity index (χ0n) is 12.0. The molecule has 0 aromatic heterocycles. The summed E-state index contributed by atoms with van der Waals surface area (Å²) in [5.41, 5.74) is 1.27. The Balaban J connectivity index is 2.66. The van der Waals surface area contributed by atoms with Crippen LogP contribution in [0.5, 0.6) is 5.75 Å². The summed E-state index contributed by atoms with van der Waals surface area (Å²) >= 11 is 3.61. The van der Waals surface area contributed by atoms with Crippen molar-refractivity contribution in [1.82, 2.24) is 5.32 Å². The number of benzene rings is 1. The standard InChI is InChI=1S/C15H24BrNO2/c1-4-17-13(8-9-19-5-2)10-12-11-14(18-3)6-7-15(12)16/h6-7,11,13,17H,4-5,8-10H2,1-3H3. The van der Waals surface area contributed by atoms with Crippen LogP contribution in [0.4, 0.5) is 0 Å². The van der Waals surface area contributed by atoms with Gasteiger partial charge in [0.25, 0.3) is 0 Å². The van der Waals surface area contributed by atoms with Gasteiger partial charge in [0.15, 0.2) is 0 Å². The van der Waals surface area contributed by atoms with E-state index in [2.05, 4.69) is 34.2 Å². The molecule has 4 heteroatoms. The molecule has 0 aliphatic heterocycles. The average Bonchev–Trinajstić information content (AvgIpc) is 2.41. The fourth-order valence-electron chi connectivity index (χ4n) is 2.03. The molecule has 1 rings (SSSR count). The van der Waals surface area contributed by atoms with Gasteiger partial charge >= 0.3 is 0 Å². The van der Waals surface area contributed by atoms with E-state index >= 15 is 0 Å². The van der Waals surface area contributed by atoms with Crippen LogP contribution in [0.2, 0.25) is 0 Å². The molecule has 1 N–H and O–H groups in total. The summed E-state index contributed by atoms with van der Waals surface area (Å²) in [4.78, 5) is 0. The maximum absolute atomic E-state index is 5.45. The van der Waals surface area contributed by atoms with Crippen LogP contribution >= 0.6 is 15.9 Å². The first-order valence-electron chi connectivity index (χ1n) is 6.84. The summed E-state index contributed by atoms with van der Waals surface area (Å²) in [6.07, 6.45) is 1.99. The normalized spacial score (nSPS) is 12.4. The molecule has 0 aliphatic rings. The highest BCUT2D eigenvalue weighted by molar-refractivity contribution is 9.10. The summed E-state index contributed by atoms with van der Waals surface area (Å²) in [6.45, 7) is 6.71. The molecule has 0 saturated carbocycles. The minimum Gasteiger partial charge on any atom is -0.497 e. The Hall–Kier alpha value is -0.580. The number of ether oxygens (including phenoxy) is 2. The lowest BCUT2D eigenvalue weighted by atomic mass is 10.0. The van der Waals surface area contributed by atoms with Crippen LogP contribution < -0.4 is 10.1 Å². The highest BCUT2D eigenvalue weighted by Crippen LogP contribution is 2.24. The molecular weight excluding hydrogens is 306 g/mol. The number of methoxy groups -OCH3 is 1. The molecule has 0 bridgehead atoms. The summed E-state index contributed by atoms with van der Waals surface area (Å²) < 4.78 is 11.9. The molecule has 0 aliphatic carbocycles. The molecule has 0 spiro atoms. The summed E-state index contributed by atoms with van der Waals surface area (Å²) in [5, 5.41) is 3.51. The van der Waals surface area contributed by atoms with Crippen LogP contribution in [-0.2, 0) is 11.2 Å². The first-order valence-corrected chi connectivity index (χ1v) is 7.64. The second-order valence-corrected chi connectivity index (χ2v) is 5.26. The Kier molecular flexibility index (Phi) is 8.10. The van der Waals surface area contributed by atoms with Gasteiger partial charge in [-0.1, -0.05) is 22.9 Å². The molecule has 19 heavy (non-hydrogen) atoms. The fraction of sp³-hybridized carbons (Fsp3) is 0.600. The van der Waals surface area contributed by atoms with Gasteiger partial charge in [0.1, 0.15) is 5.75 Å². The van der Waals surface area contributed by atoms with Crippen molar-refractivity contribution in [3.05, 3.63) is 28.2 Å². The van der Waals surface area contributed by atoms with E-state index in [4.69, 9.17) is 9.47 Å². The Morgan fingerprint density at radius 3 is 2.74 bits per heavy atom. The van der Waals surface area contributed by atoms with Crippen LogP contribution in [0.3, 0.4) is 0 Å². The fourth-order valence-corrected chi connectivity index (χ4v) is 2.44. The third kappa shape index (κ3) is 5.93. The summed E-state index contributed by atoms with van der Waals surface area (Å²) in [6, 6.07) is 6.53. The van der Waals surface area contributed by atoms with E-state index in [1.54, 1.807) is 7.11 Å². The predicted octanol–water partition coefficient (Wildman–Crippen LogP) is 3.40. The van der Waals surface area contributed by atoms with Crippen molar-refractivity contribution in [2.24, 2.45) is 0 Å². The lowest BCUT2D eigenvalue weighted by molar-refractivity contribution is 0.136. The molecular formula is C15H24BrNO2. The van der Waals surface area contributed by atoms with Gasteiger partial charge in [-0.2, -0.15) is 0 Å². The second-order valence-electron chi connectivity index (χ2n) is 4.40. The van der Waals surface area contributed by atoms with Crippen molar-refractivity contribution in [2.45, 2.75) is 32.7 Å². The lowest BCUT2D eigenvalue weighted by Gasteiger charge is -2.19. The molecule has 1 aromatic carbocycles. The lowest BCUT2D eigenvalue weighted by Crippen LogP contribution is -2.32. The molecule has 1 atom stereocenters. The van der Waals surface area contributed by atoms with Gasteiger partial charge in [-0.15, -0.1) is 0 Å². The van der Waals surface area contributed by atoms with Crippen molar-refractivity contribution in [3.63, 3.8) is 0 Å². The van der Waals surface area contributed by atoms with Crippen molar-refractivity contribution < 1.29 is 9.47 Å². The predicted molar refractivity (Wildman–Crippen MR) is 83.0 cm³/mol.